The van der Waals surface area contributed by atoms with Gasteiger partial charge in [0.1, 0.15) is 0 Å². The fraction of sp³-hybridized carbons (Fsp3) is 0.900. The van der Waals surface area contributed by atoms with Crippen molar-refractivity contribution in [2.24, 2.45) is 5.73 Å². The third-order valence-corrected chi connectivity index (χ3v) is 3.62. The molecule has 0 spiro atoms. The number of piperazine rings is 3. The molecule has 0 aromatic heterocycles. The average molecular weight is 213 g/mol. The van der Waals surface area contributed by atoms with Gasteiger partial charge in [-0.15, -0.1) is 0 Å². The molecular weight excluding hydrogens is 192 g/mol. The van der Waals surface area contributed by atoms with Crippen LogP contribution in [-0.4, -0.2) is 74.2 Å². The maximum Gasteiger partial charge on any atom is 0.275 e. The largest absolute Gasteiger partial charge is 0.350 e. The molecule has 3 rings (SSSR count). The summed E-state index contributed by atoms with van der Waals surface area (Å²) >= 11 is 0. The van der Waals surface area contributed by atoms with Gasteiger partial charge in [-0.1, -0.05) is 0 Å². The van der Waals surface area contributed by atoms with Crippen molar-refractivity contribution in [2.75, 3.05) is 58.9 Å². The van der Waals surface area contributed by atoms with Crippen molar-refractivity contribution in [3.8, 4) is 0 Å². The molecule has 3 aliphatic rings. The first-order chi connectivity index (χ1) is 7.24. The number of nitrogens with two attached hydrogens (primary N) is 1. The quantitative estimate of drug-likeness (QED) is 0.542. The van der Waals surface area contributed by atoms with E-state index in [9.17, 15) is 4.79 Å². The first-order valence-corrected chi connectivity index (χ1v) is 5.78. The van der Waals surface area contributed by atoms with Gasteiger partial charge in [0.05, 0.1) is 19.6 Å². The first kappa shape index (κ1) is 10.9. The summed E-state index contributed by atoms with van der Waals surface area (Å²) < 4.78 is 0.993. The Morgan fingerprint density at radius 3 is 2.40 bits per heavy atom. The Morgan fingerprint density at radius 1 is 1.27 bits per heavy atom. The molecule has 15 heavy (non-hydrogen) atoms. The summed E-state index contributed by atoms with van der Waals surface area (Å²) in [5.41, 5.74) is 5.36. The van der Waals surface area contributed by atoms with E-state index in [2.05, 4.69) is 10.2 Å². The number of carbonyl (C=O) groups excluding carboxylic acids is 1. The highest BCUT2D eigenvalue weighted by molar-refractivity contribution is 5.77. The molecule has 3 fully saturated rings. The van der Waals surface area contributed by atoms with Crippen LogP contribution in [0.1, 0.15) is 0 Å². The second kappa shape index (κ2) is 4.47. The zero-order chi connectivity index (χ0) is 10.7. The van der Waals surface area contributed by atoms with Crippen molar-refractivity contribution in [1.82, 2.24) is 10.2 Å². The van der Waals surface area contributed by atoms with Gasteiger partial charge in [-0.05, 0) is 0 Å². The Balaban J connectivity index is 1.84. The van der Waals surface area contributed by atoms with Crippen LogP contribution in [0, 0.1) is 0 Å². The van der Waals surface area contributed by atoms with E-state index in [-0.39, 0.29) is 5.91 Å². The van der Waals surface area contributed by atoms with E-state index in [1.807, 2.05) is 0 Å². The van der Waals surface area contributed by atoms with Crippen LogP contribution in [0.5, 0.6) is 0 Å². The van der Waals surface area contributed by atoms with Crippen molar-refractivity contribution < 1.29 is 9.28 Å². The fourth-order valence-electron chi connectivity index (χ4n) is 2.54. The zero-order valence-corrected chi connectivity index (χ0v) is 9.24. The highest BCUT2D eigenvalue weighted by Gasteiger charge is 2.39. The van der Waals surface area contributed by atoms with E-state index in [0.29, 0.717) is 19.6 Å². The molecule has 3 aliphatic heterocycles. The molecule has 0 unspecified atom stereocenters. The molecule has 3 saturated heterocycles. The van der Waals surface area contributed by atoms with Crippen LogP contribution in [0.25, 0.3) is 0 Å². The normalized spacial score (nSPS) is 34.1. The smallest absolute Gasteiger partial charge is 0.275 e. The van der Waals surface area contributed by atoms with Crippen LogP contribution in [0.15, 0.2) is 0 Å². The molecule has 3 heterocycles. The topological polar surface area (TPSA) is 58.4 Å². The van der Waals surface area contributed by atoms with E-state index in [4.69, 9.17) is 5.73 Å². The van der Waals surface area contributed by atoms with E-state index in [1.165, 1.54) is 0 Å². The zero-order valence-electron chi connectivity index (χ0n) is 9.24. The number of fused-ring (bicyclic) bond motifs is 3. The van der Waals surface area contributed by atoms with Crippen molar-refractivity contribution in [3.63, 3.8) is 0 Å². The van der Waals surface area contributed by atoms with E-state index in [1.54, 1.807) is 0 Å². The van der Waals surface area contributed by atoms with Crippen molar-refractivity contribution in [2.45, 2.75) is 0 Å². The molecular formula is C10H21N4O+. The maximum absolute atomic E-state index is 11.7. The molecule has 2 bridgehead atoms. The van der Waals surface area contributed by atoms with Gasteiger partial charge in [0.25, 0.3) is 5.91 Å². The molecule has 5 heteroatoms. The molecule has 0 saturated carbocycles. The molecule has 0 aromatic rings. The van der Waals surface area contributed by atoms with Gasteiger partial charge < -0.3 is 15.5 Å². The standard InChI is InChI=1S/C10H20N4O/c11-1-2-12-10(15)9-14-6-3-13(4-7-14)5-8-14/h1-9,11H2/p+1. The number of quaternary nitrogens is 1. The number of nitrogens with zero attached hydrogens (tertiary/aromatic N) is 2. The Bertz CT molecular complexity index is 222. The van der Waals surface area contributed by atoms with Gasteiger partial charge in [-0.2, -0.15) is 0 Å². The van der Waals surface area contributed by atoms with Gasteiger partial charge in [0, 0.05) is 32.7 Å². The minimum atomic E-state index is 0.163. The average Bonchev–Trinajstić information content (AvgIpc) is 2.28. The lowest BCUT2D eigenvalue weighted by atomic mass is 10.1. The monoisotopic (exact) mass is 213 g/mol. The summed E-state index contributed by atoms with van der Waals surface area (Å²) in [6, 6.07) is 0. The number of rotatable bonds is 4. The number of hydrogen-bond acceptors (Lipinski definition) is 3. The summed E-state index contributed by atoms with van der Waals surface area (Å²) in [4.78, 5) is 14.1. The maximum atomic E-state index is 11.7. The van der Waals surface area contributed by atoms with E-state index in [0.717, 1.165) is 43.8 Å². The number of hydrogen-bond donors (Lipinski definition) is 2. The highest BCUT2D eigenvalue weighted by atomic mass is 16.2. The fourth-order valence-corrected chi connectivity index (χ4v) is 2.54. The van der Waals surface area contributed by atoms with Crippen molar-refractivity contribution in [3.05, 3.63) is 0 Å². The van der Waals surface area contributed by atoms with Gasteiger partial charge in [0.2, 0.25) is 0 Å². The molecule has 86 valence electrons. The lowest BCUT2D eigenvalue weighted by Crippen LogP contribution is -2.69. The summed E-state index contributed by atoms with van der Waals surface area (Å²) in [6.07, 6.45) is 0. The minimum absolute atomic E-state index is 0.163. The summed E-state index contributed by atoms with van der Waals surface area (Å²) in [5.74, 6) is 0.163. The third-order valence-electron chi connectivity index (χ3n) is 3.62. The Kier molecular flexibility index (Phi) is 3.23. The molecule has 0 radical (unpaired) electrons. The Hall–Kier alpha value is -0.650. The van der Waals surface area contributed by atoms with Crippen LogP contribution in [0.4, 0.5) is 0 Å². The molecule has 0 atom stereocenters. The van der Waals surface area contributed by atoms with Gasteiger partial charge in [-0.3, -0.25) is 9.69 Å². The highest BCUT2D eigenvalue weighted by Crippen LogP contribution is 2.18. The summed E-state index contributed by atoms with van der Waals surface area (Å²) in [5, 5.41) is 2.86. The minimum Gasteiger partial charge on any atom is -0.350 e. The predicted octanol–water partition coefficient (Wildman–Crippen LogP) is -1.79. The second-order valence-corrected chi connectivity index (χ2v) is 4.65. The molecule has 3 N–H and O–H groups in total. The van der Waals surface area contributed by atoms with Crippen LogP contribution < -0.4 is 11.1 Å². The lowest BCUT2D eigenvalue weighted by molar-refractivity contribution is -0.933. The Labute approximate surface area is 90.8 Å². The van der Waals surface area contributed by atoms with E-state index < -0.39 is 0 Å². The van der Waals surface area contributed by atoms with Crippen LogP contribution in [0.3, 0.4) is 0 Å². The predicted molar refractivity (Wildman–Crippen MR) is 58.2 cm³/mol. The van der Waals surface area contributed by atoms with Gasteiger partial charge >= 0.3 is 0 Å². The number of carbonyl (C=O) groups is 1. The molecule has 0 aromatic carbocycles. The summed E-state index contributed by atoms with van der Waals surface area (Å²) in [7, 11) is 0. The van der Waals surface area contributed by atoms with E-state index >= 15 is 0 Å². The van der Waals surface area contributed by atoms with Crippen LogP contribution in [-0.2, 0) is 4.79 Å². The summed E-state index contributed by atoms with van der Waals surface area (Å²) in [6.45, 7) is 8.65. The van der Waals surface area contributed by atoms with Crippen molar-refractivity contribution >= 4 is 5.91 Å². The first-order valence-electron chi connectivity index (χ1n) is 5.78. The second-order valence-electron chi connectivity index (χ2n) is 4.65. The van der Waals surface area contributed by atoms with Crippen LogP contribution >= 0.6 is 0 Å². The molecule has 1 amide bonds. The van der Waals surface area contributed by atoms with Gasteiger partial charge in [-0.25, -0.2) is 0 Å². The molecule has 0 aliphatic carbocycles. The third kappa shape index (κ3) is 2.48. The lowest BCUT2D eigenvalue weighted by Gasteiger charge is -2.50. The van der Waals surface area contributed by atoms with Gasteiger partial charge in [0.15, 0.2) is 6.54 Å². The Morgan fingerprint density at radius 2 is 1.87 bits per heavy atom. The SMILES string of the molecule is NCCNC(=O)C[N+]12CCN(CC1)CC2. The van der Waals surface area contributed by atoms with Crippen molar-refractivity contribution in [1.29, 1.82) is 0 Å². The van der Waals surface area contributed by atoms with Crippen LogP contribution in [0.2, 0.25) is 0 Å². The molecule has 5 nitrogen and oxygen atoms in total. The number of amides is 1. The number of nitrogens with one attached hydrogen (secondary N) is 1.